The Balaban J connectivity index is 2.05. The van der Waals surface area contributed by atoms with E-state index in [0.717, 1.165) is 25.8 Å². The quantitative estimate of drug-likeness (QED) is 0.600. The Kier molecular flexibility index (Phi) is 4.35. The van der Waals surface area contributed by atoms with Crippen LogP contribution in [0.4, 0.5) is 0 Å². The number of sulfonamides is 1. The monoisotopic (exact) mass is 457 g/mol. The summed E-state index contributed by atoms with van der Waals surface area (Å²) in [6.07, 6.45) is 3.82. The van der Waals surface area contributed by atoms with E-state index >= 15 is 0 Å². The maximum Gasteiger partial charge on any atom is 0.242 e. The summed E-state index contributed by atoms with van der Waals surface area (Å²) < 4.78 is 29.1. The highest BCUT2D eigenvalue weighted by molar-refractivity contribution is 9.11. The summed E-state index contributed by atoms with van der Waals surface area (Å²) in [6.45, 7) is 0. The lowest BCUT2D eigenvalue weighted by Crippen LogP contribution is -2.22. The molecule has 0 bridgehead atoms. The van der Waals surface area contributed by atoms with Crippen LogP contribution in [0, 0.1) is 0 Å². The molecule has 0 aliphatic carbocycles. The molecule has 3 rings (SSSR count). The molecule has 0 saturated heterocycles. The normalized spacial score (nSPS) is 12.2. The fraction of sp³-hybridized carbons (Fsp3) is 0.133. The fourth-order valence-electron chi connectivity index (χ4n) is 2.17. The lowest BCUT2D eigenvalue weighted by Gasteiger charge is -2.11. The van der Waals surface area contributed by atoms with Gasteiger partial charge in [0.2, 0.25) is 10.0 Å². The molecule has 5 nitrogen and oxygen atoms in total. The van der Waals surface area contributed by atoms with Gasteiger partial charge in [-0.2, -0.15) is 0 Å². The van der Waals surface area contributed by atoms with E-state index < -0.39 is 10.0 Å². The topological polar surface area (TPSA) is 54.7 Å². The molecular weight excluding hydrogens is 446 g/mol. The zero-order valence-electron chi connectivity index (χ0n) is 12.4. The lowest BCUT2D eigenvalue weighted by molar-refractivity contribution is 0.521. The maximum absolute atomic E-state index is 12.1. The van der Waals surface area contributed by atoms with Crippen LogP contribution in [0.5, 0.6) is 0 Å². The molecule has 0 aliphatic heterocycles. The Bertz CT molecular complexity index is 980. The first-order valence-corrected chi connectivity index (χ1v) is 9.68. The predicted octanol–water partition coefficient (Wildman–Crippen LogP) is 3.78. The van der Waals surface area contributed by atoms with E-state index in [1.807, 2.05) is 22.9 Å². The summed E-state index contributed by atoms with van der Waals surface area (Å²) in [5, 5.41) is 0. The molecule has 0 N–H and O–H groups in total. The van der Waals surface area contributed by atoms with Crippen molar-refractivity contribution in [3.63, 3.8) is 0 Å². The Labute approximate surface area is 151 Å². The van der Waals surface area contributed by atoms with Gasteiger partial charge < -0.3 is 4.40 Å². The van der Waals surface area contributed by atoms with Gasteiger partial charge in [0, 0.05) is 36.5 Å². The number of nitrogens with zero attached hydrogens (tertiary/aromatic N) is 3. The van der Waals surface area contributed by atoms with Crippen LogP contribution < -0.4 is 0 Å². The first-order valence-electron chi connectivity index (χ1n) is 6.66. The zero-order chi connectivity index (χ0) is 16.8. The van der Waals surface area contributed by atoms with Gasteiger partial charge >= 0.3 is 0 Å². The molecule has 0 spiro atoms. The number of halogens is 2. The summed E-state index contributed by atoms with van der Waals surface area (Å²) in [6, 6.07) is 8.65. The minimum absolute atomic E-state index is 0.263. The van der Waals surface area contributed by atoms with Gasteiger partial charge in [-0.1, -0.05) is 12.1 Å². The van der Waals surface area contributed by atoms with E-state index in [2.05, 4.69) is 36.8 Å². The number of fused-ring (bicyclic) bond motifs is 1. The highest BCUT2D eigenvalue weighted by Crippen LogP contribution is 2.27. The van der Waals surface area contributed by atoms with Gasteiger partial charge in [-0.25, -0.2) is 17.7 Å². The van der Waals surface area contributed by atoms with Gasteiger partial charge in [-0.3, -0.25) is 0 Å². The number of hydrogen-bond donors (Lipinski definition) is 0. The summed E-state index contributed by atoms with van der Waals surface area (Å²) in [4.78, 5) is 4.85. The van der Waals surface area contributed by atoms with Gasteiger partial charge in [0.15, 0.2) is 5.65 Å². The first-order chi connectivity index (χ1) is 10.8. The van der Waals surface area contributed by atoms with Gasteiger partial charge in [0.1, 0.15) is 0 Å². The highest BCUT2D eigenvalue weighted by atomic mass is 79.9. The van der Waals surface area contributed by atoms with Crippen LogP contribution in [0.2, 0.25) is 0 Å². The number of hydrogen-bond acceptors (Lipinski definition) is 3. The first kappa shape index (κ1) is 16.6. The van der Waals surface area contributed by atoms with Crippen molar-refractivity contribution < 1.29 is 8.42 Å². The van der Waals surface area contributed by atoms with Crippen LogP contribution in [-0.4, -0.2) is 36.2 Å². The van der Waals surface area contributed by atoms with E-state index in [0.29, 0.717) is 0 Å². The fourth-order valence-corrected chi connectivity index (χ4v) is 4.37. The van der Waals surface area contributed by atoms with Crippen molar-refractivity contribution in [2.75, 3.05) is 14.1 Å². The Hall–Kier alpha value is -1.22. The van der Waals surface area contributed by atoms with E-state index in [9.17, 15) is 8.42 Å². The van der Waals surface area contributed by atoms with Gasteiger partial charge in [0.25, 0.3) is 0 Å². The SMILES string of the molecule is CN(C)S(=O)(=O)c1ccc(-c2cn3cc(Br)cc(Br)c3n2)cc1. The molecule has 0 radical (unpaired) electrons. The molecule has 3 aromatic rings. The summed E-state index contributed by atoms with van der Waals surface area (Å²) in [7, 11) is -0.390. The molecule has 120 valence electrons. The number of benzene rings is 1. The predicted molar refractivity (Wildman–Crippen MR) is 96.9 cm³/mol. The van der Waals surface area contributed by atoms with Crippen LogP contribution in [0.25, 0.3) is 16.9 Å². The van der Waals surface area contributed by atoms with Gasteiger partial charge in [-0.15, -0.1) is 0 Å². The summed E-state index contributed by atoms with van der Waals surface area (Å²) >= 11 is 6.93. The van der Waals surface area contributed by atoms with Crippen molar-refractivity contribution in [3.8, 4) is 11.3 Å². The van der Waals surface area contributed by atoms with Crippen molar-refractivity contribution in [1.82, 2.24) is 13.7 Å². The second-order valence-electron chi connectivity index (χ2n) is 5.18. The van der Waals surface area contributed by atoms with Crippen LogP contribution in [-0.2, 0) is 10.0 Å². The van der Waals surface area contributed by atoms with Crippen molar-refractivity contribution in [2.24, 2.45) is 0 Å². The molecule has 0 fully saturated rings. The van der Waals surface area contributed by atoms with E-state index in [1.54, 1.807) is 24.3 Å². The van der Waals surface area contributed by atoms with Crippen LogP contribution in [0.3, 0.4) is 0 Å². The molecular formula is C15H13Br2N3O2S. The molecule has 0 amide bonds. The van der Waals surface area contributed by atoms with E-state index in [-0.39, 0.29) is 4.90 Å². The summed E-state index contributed by atoms with van der Waals surface area (Å²) in [5.74, 6) is 0. The van der Waals surface area contributed by atoms with Gasteiger partial charge in [0.05, 0.1) is 15.1 Å². The van der Waals surface area contributed by atoms with Gasteiger partial charge in [-0.05, 0) is 50.1 Å². The van der Waals surface area contributed by atoms with E-state index in [4.69, 9.17) is 0 Å². The minimum atomic E-state index is -3.42. The molecule has 0 atom stereocenters. The third kappa shape index (κ3) is 3.08. The molecule has 23 heavy (non-hydrogen) atoms. The molecule has 2 heterocycles. The highest BCUT2D eigenvalue weighted by Gasteiger charge is 2.17. The number of pyridine rings is 1. The molecule has 0 saturated carbocycles. The smallest absolute Gasteiger partial charge is 0.242 e. The van der Waals surface area contributed by atoms with Crippen molar-refractivity contribution in [3.05, 3.63) is 51.7 Å². The average Bonchev–Trinajstić information content (AvgIpc) is 2.91. The van der Waals surface area contributed by atoms with Crippen LogP contribution in [0.1, 0.15) is 0 Å². The third-order valence-corrected chi connectivity index (χ3v) is 6.25. The molecule has 1 aromatic carbocycles. The Morgan fingerprint density at radius 1 is 1.09 bits per heavy atom. The second kappa shape index (κ2) is 6.01. The van der Waals surface area contributed by atoms with Crippen molar-refractivity contribution in [2.45, 2.75) is 4.90 Å². The molecule has 8 heteroatoms. The minimum Gasteiger partial charge on any atom is -0.304 e. The zero-order valence-corrected chi connectivity index (χ0v) is 16.4. The average molecular weight is 459 g/mol. The lowest BCUT2D eigenvalue weighted by atomic mass is 10.2. The second-order valence-corrected chi connectivity index (χ2v) is 9.10. The van der Waals surface area contributed by atoms with Crippen molar-refractivity contribution in [1.29, 1.82) is 0 Å². The molecule has 0 aliphatic rings. The summed E-state index contributed by atoms with van der Waals surface area (Å²) in [5.41, 5.74) is 2.43. The van der Waals surface area contributed by atoms with Crippen LogP contribution >= 0.6 is 31.9 Å². The number of rotatable bonds is 3. The number of imidazole rings is 1. The Morgan fingerprint density at radius 3 is 2.35 bits per heavy atom. The van der Waals surface area contributed by atoms with Crippen molar-refractivity contribution >= 4 is 47.5 Å². The number of aromatic nitrogens is 2. The van der Waals surface area contributed by atoms with Crippen LogP contribution in [0.15, 0.2) is 56.6 Å². The Morgan fingerprint density at radius 2 is 1.74 bits per heavy atom. The maximum atomic E-state index is 12.1. The standard InChI is InChI=1S/C15H13Br2N3O2S/c1-19(2)23(21,22)12-5-3-10(4-6-12)14-9-20-8-11(16)7-13(17)15(20)18-14/h3-9H,1-2H3. The third-order valence-electron chi connectivity index (χ3n) is 3.40. The molecule has 2 aromatic heterocycles. The molecule has 0 unspecified atom stereocenters. The largest absolute Gasteiger partial charge is 0.304 e. The van der Waals surface area contributed by atoms with E-state index in [1.165, 1.54) is 18.4 Å².